The molecule has 1 atom stereocenters. The number of alkyl halides is 3. The SMILES string of the molecule is CC(C)C(CCO)NC(=O)Nc1ccccc1C(F)(F)F. The molecule has 1 unspecified atom stereocenters. The standard InChI is InChI=1S/C14H19F3N2O2/c1-9(2)11(7-8-20)18-13(21)19-12-6-4-3-5-10(12)14(15,16)17/h3-6,9,11,20H,7-8H2,1-2H3,(H2,18,19,21). The minimum absolute atomic E-state index is 0.0563. The number of carbonyl (C=O) groups excluding carboxylic acids is 1. The highest BCUT2D eigenvalue weighted by Crippen LogP contribution is 2.34. The summed E-state index contributed by atoms with van der Waals surface area (Å²) in [6, 6.07) is 3.74. The number of aliphatic hydroxyl groups excluding tert-OH is 1. The van der Waals surface area contributed by atoms with Gasteiger partial charge in [0.25, 0.3) is 0 Å². The van der Waals surface area contributed by atoms with Crippen LogP contribution < -0.4 is 10.6 Å². The number of halogens is 3. The van der Waals surface area contributed by atoms with Crippen molar-refractivity contribution in [2.45, 2.75) is 32.5 Å². The number of anilines is 1. The number of amides is 2. The van der Waals surface area contributed by atoms with Crippen molar-refractivity contribution < 1.29 is 23.1 Å². The van der Waals surface area contributed by atoms with Crippen molar-refractivity contribution in [2.75, 3.05) is 11.9 Å². The van der Waals surface area contributed by atoms with Gasteiger partial charge >= 0.3 is 12.2 Å². The maximum absolute atomic E-state index is 12.8. The highest BCUT2D eigenvalue weighted by Gasteiger charge is 2.33. The maximum Gasteiger partial charge on any atom is 0.418 e. The van der Waals surface area contributed by atoms with Crippen molar-refractivity contribution in [3.8, 4) is 0 Å². The zero-order valence-electron chi connectivity index (χ0n) is 11.9. The molecule has 0 radical (unpaired) electrons. The Kier molecular flexibility index (Phi) is 6.02. The third-order valence-electron chi connectivity index (χ3n) is 3.04. The fraction of sp³-hybridized carbons (Fsp3) is 0.500. The molecule has 118 valence electrons. The second-order valence-electron chi connectivity index (χ2n) is 5.00. The Morgan fingerprint density at radius 1 is 1.29 bits per heavy atom. The lowest BCUT2D eigenvalue weighted by Crippen LogP contribution is -2.41. The average Bonchev–Trinajstić information content (AvgIpc) is 2.37. The van der Waals surface area contributed by atoms with Gasteiger partial charge in [-0.05, 0) is 24.5 Å². The van der Waals surface area contributed by atoms with E-state index < -0.39 is 17.8 Å². The molecule has 1 aromatic rings. The fourth-order valence-corrected chi connectivity index (χ4v) is 1.88. The number of nitrogens with one attached hydrogen (secondary N) is 2. The van der Waals surface area contributed by atoms with E-state index in [2.05, 4.69) is 10.6 Å². The van der Waals surface area contributed by atoms with E-state index in [1.165, 1.54) is 18.2 Å². The van der Waals surface area contributed by atoms with Crippen molar-refractivity contribution >= 4 is 11.7 Å². The van der Waals surface area contributed by atoms with Crippen LogP contribution in [0.3, 0.4) is 0 Å². The number of benzene rings is 1. The van der Waals surface area contributed by atoms with E-state index in [1.807, 2.05) is 13.8 Å². The van der Waals surface area contributed by atoms with Gasteiger partial charge in [0.1, 0.15) is 0 Å². The van der Waals surface area contributed by atoms with Crippen molar-refractivity contribution in [3.63, 3.8) is 0 Å². The number of hydrogen-bond donors (Lipinski definition) is 3. The Morgan fingerprint density at radius 2 is 1.90 bits per heavy atom. The second-order valence-corrected chi connectivity index (χ2v) is 5.00. The molecule has 0 aliphatic heterocycles. The molecule has 0 aromatic heterocycles. The summed E-state index contributed by atoms with van der Waals surface area (Å²) in [5.74, 6) is 0.0563. The molecule has 7 heteroatoms. The zero-order chi connectivity index (χ0) is 16.0. The number of para-hydroxylation sites is 1. The normalized spacial score (nSPS) is 13.1. The Labute approximate surface area is 121 Å². The summed E-state index contributed by atoms with van der Waals surface area (Å²) in [5, 5.41) is 13.7. The molecule has 0 heterocycles. The third-order valence-corrected chi connectivity index (χ3v) is 3.04. The van der Waals surface area contributed by atoms with Crippen LogP contribution in [0.5, 0.6) is 0 Å². The predicted molar refractivity (Wildman–Crippen MR) is 73.9 cm³/mol. The predicted octanol–water partition coefficient (Wildman–Crippen LogP) is 3.23. The lowest BCUT2D eigenvalue weighted by atomic mass is 10.0. The summed E-state index contributed by atoms with van der Waals surface area (Å²) in [4.78, 5) is 11.8. The topological polar surface area (TPSA) is 61.4 Å². The Balaban J connectivity index is 2.80. The van der Waals surface area contributed by atoms with E-state index in [0.29, 0.717) is 6.42 Å². The Hall–Kier alpha value is -1.76. The van der Waals surface area contributed by atoms with Crippen molar-refractivity contribution in [3.05, 3.63) is 29.8 Å². The van der Waals surface area contributed by atoms with Gasteiger partial charge in [0, 0.05) is 12.6 Å². The quantitative estimate of drug-likeness (QED) is 0.782. The molecule has 0 spiro atoms. The lowest BCUT2D eigenvalue weighted by Gasteiger charge is -2.22. The second kappa shape index (κ2) is 7.31. The first kappa shape index (κ1) is 17.3. The summed E-state index contributed by atoms with van der Waals surface area (Å²) >= 11 is 0. The molecule has 4 nitrogen and oxygen atoms in total. The van der Waals surface area contributed by atoms with Crippen LogP contribution >= 0.6 is 0 Å². The van der Waals surface area contributed by atoms with Crippen LogP contribution in [0.2, 0.25) is 0 Å². The summed E-state index contributed by atoms with van der Waals surface area (Å²) < 4.78 is 38.4. The molecule has 1 rings (SSSR count). The number of carbonyl (C=O) groups is 1. The molecule has 0 saturated heterocycles. The van der Waals surface area contributed by atoms with Gasteiger partial charge in [-0.3, -0.25) is 0 Å². The van der Waals surface area contributed by atoms with E-state index in [-0.39, 0.29) is 24.3 Å². The van der Waals surface area contributed by atoms with Crippen LogP contribution in [0.15, 0.2) is 24.3 Å². The van der Waals surface area contributed by atoms with E-state index in [4.69, 9.17) is 5.11 Å². The van der Waals surface area contributed by atoms with Gasteiger partial charge in [-0.2, -0.15) is 13.2 Å². The highest BCUT2D eigenvalue weighted by atomic mass is 19.4. The van der Waals surface area contributed by atoms with Crippen molar-refractivity contribution in [1.82, 2.24) is 5.32 Å². The van der Waals surface area contributed by atoms with Gasteiger partial charge in [-0.1, -0.05) is 26.0 Å². The van der Waals surface area contributed by atoms with Gasteiger partial charge in [-0.15, -0.1) is 0 Å². The van der Waals surface area contributed by atoms with Gasteiger partial charge < -0.3 is 15.7 Å². The molecule has 0 bridgehead atoms. The minimum atomic E-state index is -4.54. The van der Waals surface area contributed by atoms with Gasteiger partial charge in [0.05, 0.1) is 11.3 Å². The summed E-state index contributed by atoms with van der Waals surface area (Å²) in [6.45, 7) is 3.59. The van der Waals surface area contributed by atoms with Gasteiger partial charge in [0.2, 0.25) is 0 Å². The van der Waals surface area contributed by atoms with Crippen molar-refractivity contribution in [1.29, 1.82) is 0 Å². The molecule has 0 fully saturated rings. The minimum Gasteiger partial charge on any atom is -0.396 e. The van der Waals surface area contributed by atoms with E-state index >= 15 is 0 Å². The first-order chi connectivity index (χ1) is 9.75. The van der Waals surface area contributed by atoms with E-state index in [1.54, 1.807) is 0 Å². The highest BCUT2D eigenvalue weighted by molar-refractivity contribution is 5.90. The Bertz CT molecular complexity index is 476. The number of hydrogen-bond acceptors (Lipinski definition) is 2. The summed E-state index contributed by atoms with van der Waals surface area (Å²) in [6.07, 6.45) is -4.20. The first-order valence-corrected chi connectivity index (χ1v) is 6.60. The first-order valence-electron chi connectivity index (χ1n) is 6.60. The molecular weight excluding hydrogens is 285 g/mol. The lowest BCUT2D eigenvalue weighted by molar-refractivity contribution is -0.136. The smallest absolute Gasteiger partial charge is 0.396 e. The zero-order valence-corrected chi connectivity index (χ0v) is 11.9. The van der Waals surface area contributed by atoms with Crippen LogP contribution in [0.4, 0.5) is 23.7 Å². The van der Waals surface area contributed by atoms with Gasteiger partial charge in [-0.25, -0.2) is 4.79 Å². The van der Waals surface area contributed by atoms with Crippen LogP contribution in [0.25, 0.3) is 0 Å². The Morgan fingerprint density at radius 3 is 2.43 bits per heavy atom. The van der Waals surface area contributed by atoms with Crippen molar-refractivity contribution in [2.24, 2.45) is 5.92 Å². The average molecular weight is 304 g/mol. The largest absolute Gasteiger partial charge is 0.418 e. The van der Waals surface area contributed by atoms with E-state index in [0.717, 1.165) is 6.07 Å². The molecule has 0 saturated carbocycles. The summed E-state index contributed by atoms with van der Waals surface area (Å²) in [5.41, 5.74) is -1.20. The number of rotatable bonds is 5. The number of urea groups is 1. The number of aliphatic hydroxyl groups is 1. The monoisotopic (exact) mass is 304 g/mol. The molecule has 2 amide bonds. The molecule has 21 heavy (non-hydrogen) atoms. The molecule has 0 aliphatic rings. The fourth-order valence-electron chi connectivity index (χ4n) is 1.88. The molecule has 3 N–H and O–H groups in total. The van der Waals surface area contributed by atoms with Crippen LogP contribution in [-0.4, -0.2) is 23.8 Å². The van der Waals surface area contributed by atoms with Crippen LogP contribution in [0.1, 0.15) is 25.8 Å². The molecule has 1 aromatic carbocycles. The maximum atomic E-state index is 12.8. The molecule has 0 aliphatic carbocycles. The summed E-state index contributed by atoms with van der Waals surface area (Å²) in [7, 11) is 0. The van der Waals surface area contributed by atoms with Crippen LogP contribution in [0, 0.1) is 5.92 Å². The van der Waals surface area contributed by atoms with Crippen LogP contribution in [-0.2, 0) is 6.18 Å². The van der Waals surface area contributed by atoms with E-state index in [9.17, 15) is 18.0 Å². The van der Waals surface area contributed by atoms with Gasteiger partial charge in [0.15, 0.2) is 0 Å². The molecular formula is C14H19F3N2O2. The third kappa shape index (κ3) is 5.26.